The van der Waals surface area contributed by atoms with Gasteiger partial charge < -0.3 is 5.32 Å². The number of hydrogen-bond donors (Lipinski definition) is 1. The summed E-state index contributed by atoms with van der Waals surface area (Å²) in [4.78, 5) is 20.4. The molecule has 0 aliphatic heterocycles. The number of nitrogens with one attached hydrogen (secondary N) is 1. The van der Waals surface area contributed by atoms with Gasteiger partial charge in [0.25, 0.3) is 0 Å². The van der Waals surface area contributed by atoms with E-state index in [2.05, 4.69) is 15.3 Å². The first kappa shape index (κ1) is 14.7. The largest absolute Gasteiger partial charge is 0.356 e. The summed E-state index contributed by atoms with van der Waals surface area (Å²) in [6, 6.07) is 5.93. The molecule has 0 aliphatic rings. The highest BCUT2D eigenvalue weighted by atomic mass is 32.1. The van der Waals surface area contributed by atoms with Gasteiger partial charge in [-0.3, -0.25) is 9.78 Å². The van der Waals surface area contributed by atoms with Gasteiger partial charge in [-0.05, 0) is 25.0 Å². The first-order valence-electron chi connectivity index (χ1n) is 6.88. The van der Waals surface area contributed by atoms with E-state index in [9.17, 15) is 4.79 Å². The molecule has 106 valence electrons. The summed E-state index contributed by atoms with van der Waals surface area (Å²) in [5, 5.41) is 5.90. The summed E-state index contributed by atoms with van der Waals surface area (Å²) in [5.41, 5.74) is 1.93. The van der Waals surface area contributed by atoms with Crippen molar-refractivity contribution in [2.75, 3.05) is 6.54 Å². The predicted molar refractivity (Wildman–Crippen MR) is 80.8 cm³/mol. The highest BCUT2D eigenvalue weighted by molar-refractivity contribution is 7.09. The monoisotopic (exact) mass is 289 g/mol. The van der Waals surface area contributed by atoms with Crippen LogP contribution in [0.1, 0.15) is 29.7 Å². The van der Waals surface area contributed by atoms with Gasteiger partial charge in [-0.25, -0.2) is 4.98 Å². The molecular weight excluding hydrogens is 270 g/mol. The first-order chi connectivity index (χ1) is 9.78. The van der Waals surface area contributed by atoms with Gasteiger partial charge in [0.05, 0.1) is 17.1 Å². The number of pyridine rings is 1. The molecule has 0 bridgehead atoms. The van der Waals surface area contributed by atoms with Crippen LogP contribution in [-0.2, 0) is 24.1 Å². The lowest BCUT2D eigenvalue weighted by molar-refractivity contribution is -0.120. The summed E-state index contributed by atoms with van der Waals surface area (Å²) < 4.78 is 0. The van der Waals surface area contributed by atoms with Crippen LogP contribution in [0.2, 0.25) is 0 Å². The van der Waals surface area contributed by atoms with E-state index >= 15 is 0 Å². The van der Waals surface area contributed by atoms with Gasteiger partial charge in [-0.15, -0.1) is 11.3 Å². The van der Waals surface area contributed by atoms with Crippen molar-refractivity contribution in [1.29, 1.82) is 0 Å². The number of carbonyl (C=O) groups excluding carboxylic acids is 1. The van der Waals surface area contributed by atoms with Crippen molar-refractivity contribution in [2.45, 2.75) is 32.6 Å². The van der Waals surface area contributed by atoms with Crippen LogP contribution in [0.25, 0.3) is 0 Å². The van der Waals surface area contributed by atoms with Gasteiger partial charge in [0.15, 0.2) is 0 Å². The summed E-state index contributed by atoms with van der Waals surface area (Å²) in [6.07, 6.45) is 4.90. The molecule has 0 saturated heterocycles. The molecule has 1 amide bonds. The Balaban J connectivity index is 1.81. The molecule has 4 nitrogen and oxygen atoms in total. The van der Waals surface area contributed by atoms with E-state index in [1.165, 1.54) is 0 Å². The minimum absolute atomic E-state index is 0.0495. The average molecular weight is 289 g/mol. The van der Waals surface area contributed by atoms with E-state index in [0.717, 1.165) is 42.2 Å². The van der Waals surface area contributed by atoms with E-state index in [0.29, 0.717) is 6.42 Å². The Kier molecular flexibility index (Phi) is 5.68. The fourth-order valence-electron chi connectivity index (χ4n) is 1.82. The molecule has 0 atom stereocenters. The topological polar surface area (TPSA) is 54.9 Å². The van der Waals surface area contributed by atoms with Gasteiger partial charge >= 0.3 is 0 Å². The Morgan fingerprint density at radius 2 is 2.20 bits per heavy atom. The number of aromatic nitrogens is 2. The van der Waals surface area contributed by atoms with E-state index in [1.54, 1.807) is 17.5 Å². The molecule has 1 N–H and O–H groups in total. The summed E-state index contributed by atoms with van der Waals surface area (Å²) in [5.74, 6) is 0.0495. The van der Waals surface area contributed by atoms with Crippen LogP contribution in [0.15, 0.2) is 29.8 Å². The van der Waals surface area contributed by atoms with Gasteiger partial charge in [-0.1, -0.05) is 13.0 Å². The van der Waals surface area contributed by atoms with Crippen molar-refractivity contribution >= 4 is 17.2 Å². The number of aryl methyl sites for hydroxylation is 2. The van der Waals surface area contributed by atoms with Crippen molar-refractivity contribution in [3.63, 3.8) is 0 Å². The Hall–Kier alpha value is -1.75. The second-order valence-electron chi connectivity index (χ2n) is 4.58. The maximum Gasteiger partial charge on any atom is 0.226 e. The Morgan fingerprint density at radius 3 is 2.95 bits per heavy atom. The van der Waals surface area contributed by atoms with E-state index in [-0.39, 0.29) is 5.91 Å². The van der Waals surface area contributed by atoms with Crippen LogP contribution in [-0.4, -0.2) is 22.4 Å². The molecule has 0 fully saturated rings. The third-order valence-electron chi connectivity index (χ3n) is 2.83. The molecule has 0 saturated carbocycles. The van der Waals surface area contributed by atoms with Crippen LogP contribution >= 0.6 is 11.3 Å². The number of nitrogens with zero attached hydrogens (tertiary/aromatic N) is 2. The maximum absolute atomic E-state index is 11.6. The zero-order valence-electron chi connectivity index (χ0n) is 11.6. The second-order valence-corrected chi connectivity index (χ2v) is 5.52. The van der Waals surface area contributed by atoms with E-state index in [1.807, 2.05) is 30.5 Å². The average Bonchev–Trinajstić information content (AvgIpc) is 2.91. The van der Waals surface area contributed by atoms with Crippen LogP contribution in [0.3, 0.4) is 0 Å². The van der Waals surface area contributed by atoms with Gasteiger partial charge in [0.2, 0.25) is 5.91 Å². The number of hydrogen-bond acceptors (Lipinski definition) is 4. The fourth-order valence-corrected chi connectivity index (χ4v) is 2.62. The van der Waals surface area contributed by atoms with Crippen molar-refractivity contribution in [3.05, 3.63) is 46.2 Å². The lowest BCUT2D eigenvalue weighted by atomic mass is 10.2. The van der Waals surface area contributed by atoms with Crippen LogP contribution < -0.4 is 5.32 Å². The van der Waals surface area contributed by atoms with Crippen molar-refractivity contribution < 1.29 is 4.79 Å². The molecule has 0 aliphatic carbocycles. The molecule has 2 aromatic rings. The Morgan fingerprint density at radius 1 is 1.30 bits per heavy atom. The quantitative estimate of drug-likeness (QED) is 0.851. The van der Waals surface area contributed by atoms with Gasteiger partial charge in [0.1, 0.15) is 0 Å². The lowest BCUT2D eigenvalue weighted by Crippen LogP contribution is -2.25. The zero-order valence-corrected chi connectivity index (χ0v) is 12.4. The molecule has 2 rings (SSSR count). The molecule has 20 heavy (non-hydrogen) atoms. The predicted octanol–water partition coefficient (Wildman–Crippen LogP) is 2.39. The number of thiazole rings is 1. The van der Waals surface area contributed by atoms with E-state index < -0.39 is 0 Å². The number of rotatable bonds is 7. The lowest BCUT2D eigenvalue weighted by Gasteiger charge is -2.00. The SMILES string of the molecule is CCCNC(=O)Cc1csc(CCc2ccccn2)n1. The second kappa shape index (κ2) is 7.75. The Bertz CT molecular complexity index is 539. The van der Waals surface area contributed by atoms with Crippen molar-refractivity contribution in [2.24, 2.45) is 0 Å². The minimum atomic E-state index is 0.0495. The number of amides is 1. The smallest absolute Gasteiger partial charge is 0.226 e. The molecule has 0 unspecified atom stereocenters. The Labute approximate surface area is 123 Å². The molecule has 5 heteroatoms. The highest BCUT2D eigenvalue weighted by Gasteiger charge is 2.07. The highest BCUT2D eigenvalue weighted by Crippen LogP contribution is 2.13. The summed E-state index contributed by atoms with van der Waals surface area (Å²) in [7, 11) is 0. The zero-order chi connectivity index (χ0) is 14.2. The minimum Gasteiger partial charge on any atom is -0.356 e. The third-order valence-corrected chi connectivity index (χ3v) is 3.79. The normalized spacial score (nSPS) is 10.4. The van der Waals surface area contributed by atoms with Crippen molar-refractivity contribution in [1.82, 2.24) is 15.3 Å². The third kappa shape index (κ3) is 4.74. The molecule has 0 radical (unpaired) electrons. The van der Waals surface area contributed by atoms with Crippen molar-refractivity contribution in [3.8, 4) is 0 Å². The van der Waals surface area contributed by atoms with Gasteiger partial charge in [-0.2, -0.15) is 0 Å². The molecule has 2 heterocycles. The molecular formula is C15H19N3OS. The number of carbonyl (C=O) groups is 1. The molecule has 0 aromatic carbocycles. The maximum atomic E-state index is 11.6. The van der Waals surface area contributed by atoms with Crippen LogP contribution in [0.4, 0.5) is 0 Å². The fraction of sp³-hybridized carbons (Fsp3) is 0.400. The van der Waals surface area contributed by atoms with E-state index in [4.69, 9.17) is 0 Å². The summed E-state index contributed by atoms with van der Waals surface area (Å²) >= 11 is 1.62. The molecule has 0 spiro atoms. The first-order valence-corrected chi connectivity index (χ1v) is 7.75. The van der Waals surface area contributed by atoms with Crippen LogP contribution in [0, 0.1) is 0 Å². The van der Waals surface area contributed by atoms with Crippen LogP contribution in [0.5, 0.6) is 0 Å². The standard InChI is InChI=1S/C15H19N3OS/c1-2-8-17-14(19)10-13-11-20-15(18-13)7-6-12-5-3-4-9-16-12/h3-5,9,11H,2,6-8,10H2,1H3,(H,17,19). The molecule has 2 aromatic heterocycles. The van der Waals surface area contributed by atoms with Gasteiger partial charge in [0, 0.05) is 30.2 Å². The summed E-state index contributed by atoms with van der Waals surface area (Å²) in [6.45, 7) is 2.77.